The second-order valence-electron chi connectivity index (χ2n) is 4.15. The lowest BCUT2D eigenvalue weighted by molar-refractivity contribution is 0.334. The van der Waals surface area contributed by atoms with Gasteiger partial charge in [-0.25, -0.2) is 0 Å². The highest BCUT2D eigenvalue weighted by Gasteiger charge is 2.11. The second kappa shape index (κ2) is 5.76. The van der Waals surface area contributed by atoms with Crippen molar-refractivity contribution in [3.63, 3.8) is 0 Å². The van der Waals surface area contributed by atoms with Crippen LogP contribution in [0.3, 0.4) is 0 Å². The van der Waals surface area contributed by atoms with Crippen molar-refractivity contribution >= 4 is 0 Å². The predicted octanol–water partition coefficient (Wildman–Crippen LogP) is 2.61. The van der Waals surface area contributed by atoms with Crippen LogP contribution < -0.4 is 10.5 Å². The molecule has 0 aromatic heterocycles. The molecule has 2 N–H and O–H groups in total. The maximum atomic E-state index is 6.06. The Morgan fingerprint density at radius 2 is 1.93 bits per heavy atom. The normalized spacial score (nSPS) is 12.9. The van der Waals surface area contributed by atoms with E-state index in [4.69, 9.17) is 10.5 Å². The number of rotatable bonds is 5. The summed E-state index contributed by atoms with van der Waals surface area (Å²) >= 11 is 0. The standard InChI is InChI=1S/C13H21NO/c1-4-15-13-8-6-5-7-11(13)9-12(14)10(2)3/h5-8,10,12H,4,9,14H2,1-3H3. The number of hydrogen-bond donors (Lipinski definition) is 1. The van der Waals surface area contributed by atoms with Gasteiger partial charge >= 0.3 is 0 Å². The first-order chi connectivity index (χ1) is 7.15. The highest BCUT2D eigenvalue weighted by molar-refractivity contribution is 5.33. The quantitative estimate of drug-likeness (QED) is 0.805. The largest absolute Gasteiger partial charge is 0.494 e. The van der Waals surface area contributed by atoms with Gasteiger partial charge in [-0.15, -0.1) is 0 Å². The highest BCUT2D eigenvalue weighted by Crippen LogP contribution is 2.20. The maximum Gasteiger partial charge on any atom is 0.122 e. The van der Waals surface area contributed by atoms with Crippen molar-refractivity contribution in [2.24, 2.45) is 11.7 Å². The van der Waals surface area contributed by atoms with E-state index in [-0.39, 0.29) is 6.04 Å². The first-order valence-corrected chi connectivity index (χ1v) is 5.61. The van der Waals surface area contributed by atoms with Crippen LogP contribution in [0.1, 0.15) is 26.3 Å². The Balaban J connectivity index is 2.74. The molecule has 0 saturated heterocycles. The third-order valence-corrected chi connectivity index (χ3v) is 2.58. The van der Waals surface area contributed by atoms with E-state index < -0.39 is 0 Å². The van der Waals surface area contributed by atoms with Crippen LogP contribution in [-0.2, 0) is 6.42 Å². The first-order valence-electron chi connectivity index (χ1n) is 5.61. The van der Waals surface area contributed by atoms with Crippen LogP contribution in [0.25, 0.3) is 0 Å². The summed E-state index contributed by atoms with van der Waals surface area (Å²) in [5.41, 5.74) is 7.27. The van der Waals surface area contributed by atoms with E-state index in [1.807, 2.05) is 25.1 Å². The third-order valence-electron chi connectivity index (χ3n) is 2.58. The molecule has 84 valence electrons. The van der Waals surface area contributed by atoms with Crippen LogP contribution in [-0.4, -0.2) is 12.6 Å². The van der Waals surface area contributed by atoms with E-state index in [0.29, 0.717) is 12.5 Å². The lowest BCUT2D eigenvalue weighted by Crippen LogP contribution is -2.28. The molecule has 1 aromatic carbocycles. The molecule has 2 nitrogen and oxygen atoms in total. The van der Waals surface area contributed by atoms with E-state index in [2.05, 4.69) is 19.9 Å². The zero-order chi connectivity index (χ0) is 11.3. The number of para-hydroxylation sites is 1. The Kier molecular flexibility index (Phi) is 4.63. The summed E-state index contributed by atoms with van der Waals surface area (Å²) < 4.78 is 5.56. The summed E-state index contributed by atoms with van der Waals surface area (Å²) in [5.74, 6) is 1.47. The summed E-state index contributed by atoms with van der Waals surface area (Å²) in [6.45, 7) is 7.00. The monoisotopic (exact) mass is 207 g/mol. The van der Waals surface area contributed by atoms with Crippen molar-refractivity contribution < 1.29 is 4.74 Å². The van der Waals surface area contributed by atoms with Gasteiger partial charge in [0.25, 0.3) is 0 Å². The van der Waals surface area contributed by atoms with Crippen molar-refractivity contribution in [2.75, 3.05) is 6.61 Å². The summed E-state index contributed by atoms with van der Waals surface area (Å²) in [5, 5.41) is 0. The van der Waals surface area contributed by atoms with Gasteiger partial charge in [0.05, 0.1) is 6.61 Å². The van der Waals surface area contributed by atoms with Crippen molar-refractivity contribution in [2.45, 2.75) is 33.2 Å². The minimum Gasteiger partial charge on any atom is -0.494 e. The van der Waals surface area contributed by atoms with E-state index in [9.17, 15) is 0 Å². The molecule has 2 heteroatoms. The minimum absolute atomic E-state index is 0.201. The van der Waals surface area contributed by atoms with Gasteiger partial charge in [0, 0.05) is 6.04 Å². The minimum atomic E-state index is 0.201. The molecule has 1 rings (SSSR count). The molecule has 0 spiro atoms. The fourth-order valence-electron chi connectivity index (χ4n) is 1.46. The Bertz CT molecular complexity index is 296. The Labute approximate surface area is 92.4 Å². The molecule has 0 aliphatic carbocycles. The molecular weight excluding hydrogens is 186 g/mol. The molecule has 1 atom stereocenters. The fourth-order valence-corrected chi connectivity index (χ4v) is 1.46. The van der Waals surface area contributed by atoms with Gasteiger partial charge in [0.2, 0.25) is 0 Å². The molecule has 0 fully saturated rings. The van der Waals surface area contributed by atoms with Crippen LogP contribution in [0.15, 0.2) is 24.3 Å². The molecule has 0 aliphatic heterocycles. The van der Waals surface area contributed by atoms with Gasteiger partial charge in [-0.2, -0.15) is 0 Å². The average Bonchev–Trinajstić information content (AvgIpc) is 2.21. The van der Waals surface area contributed by atoms with E-state index >= 15 is 0 Å². The summed E-state index contributed by atoms with van der Waals surface area (Å²) in [7, 11) is 0. The first kappa shape index (κ1) is 12.1. The maximum absolute atomic E-state index is 6.06. The van der Waals surface area contributed by atoms with Gasteiger partial charge in [0.15, 0.2) is 0 Å². The van der Waals surface area contributed by atoms with Gasteiger partial charge in [0.1, 0.15) is 5.75 Å². The van der Waals surface area contributed by atoms with Crippen molar-refractivity contribution in [3.8, 4) is 5.75 Å². The number of hydrogen-bond acceptors (Lipinski definition) is 2. The average molecular weight is 207 g/mol. The number of nitrogens with two attached hydrogens (primary N) is 1. The van der Waals surface area contributed by atoms with Crippen molar-refractivity contribution in [1.29, 1.82) is 0 Å². The fraction of sp³-hybridized carbons (Fsp3) is 0.538. The molecule has 0 amide bonds. The lowest BCUT2D eigenvalue weighted by atomic mass is 9.97. The second-order valence-corrected chi connectivity index (χ2v) is 4.15. The molecule has 15 heavy (non-hydrogen) atoms. The van der Waals surface area contributed by atoms with Gasteiger partial charge < -0.3 is 10.5 Å². The molecule has 0 bridgehead atoms. The molecule has 0 radical (unpaired) electrons. The number of ether oxygens (including phenoxy) is 1. The van der Waals surface area contributed by atoms with Gasteiger partial charge in [-0.05, 0) is 30.9 Å². The smallest absolute Gasteiger partial charge is 0.122 e. The SMILES string of the molecule is CCOc1ccccc1CC(N)C(C)C. The summed E-state index contributed by atoms with van der Waals surface area (Å²) in [4.78, 5) is 0. The van der Waals surface area contributed by atoms with Gasteiger partial charge in [-0.1, -0.05) is 32.0 Å². The predicted molar refractivity (Wildman–Crippen MR) is 64.1 cm³/mol. The van der Waals surface area contributed by atoms with E-state index in [0.717, 1.165) is 12.2 Å². The molecule has 1 aromatic rings. The molecule has 1 unspecified atom stereocenters. The van der Waals surface area contributed by atoms with Crippen LogP contribution in [0.5, 0.6) is 5.75 Å². The molecule has 0 aliphatic rings. The van der Waals surface area contributed by atoms with Crippen LogP contribution in [0.4, 0.5) is 0 Å². The molecule has 0 saturated carbocycles. The third kappa shape index (κ3) is 3.56. The highest BCUT2D eigenvalue weighted by atomic mass is 16.5. The zero-order valence-corrected chi connectivity index (χ0v) is 9.86. The topological polar surface area (TPSA) is 35.2 Å². The van der Waals surface area contributed by atoms with E-state index in [1.165, 1.54) is 5.56 Å². The summed E-state index contributed by atoms with van der Waals surface area (Å²) in [6, 6.07) is 8.32. The Morgan fingerprint density at radius 1 is 1.27 bits per heavy atom. The Morgan fingerprint density at radius 3 is 2.53 bits per heavy atom. The van der Waals surface area contributed by atoms with Crippen LogP contribution in [0.2, 0.25) is 0 Å². The van der Waals surface area contributed by atoms with Crippen molar-refractivity contribution in [1.82, 2.24) is 0 Å². The van der Waals surface area contributed by atoms with Crippen LogP contribution >= 0.6 is 0 Å². The van der Waals surface area contributed by atoms with Crippen molar-refractivity contribution in [3.05, 3.63) is 29.8 Å². The number of benzene rings is 1. The van der Waals surface area contributed by atoms with Gasteiger partial charge in [-0.3, -0.25) is 0 Å². The molecular formula is C13H21NO. The lowest BCUT2D eigenvalue weighted by Gasteiger charge is -2.17. The summed E-state index contributed by atoms with van der Waals surface area (Å²) in [6.07, 6.45) is 0.883. The van der Waals surface area contributed by atoms with E-state index in [1.54, 1.807) is 0 Å². The Hall–Kier alpha value is -1.02. The zero-order valence-electron chi connectivity index (χ0n) is 9.86. The molecule has 0 heterocycles. The van der Waals surface area contributed by atoms with Crippen LogP contribution in [0, 0.1) is 5.92 Å².